The SMILES string of the molecule is Cc1ccccc1CNC(=O)CCC(=O)Nc1nnc(C2CC2)o1. The van der Waals surface area contributed by atoms with Crippen LogP contribution in [0.5, 0.6) is 0 Å². The van der Waals surface area contributed by atoms with Crippen molar-refractivity contribution < 1.29 is 14.0 Å². The summed E-state index contributed by atoms with van der Waals surface area (Å²) in [6.45, 7) is 2.46. The van der Waals surface area contributed by atoms with E-state index in [-0.39, 0.29) is 30.7 Å². The lowest BCUT2D eigenvalue weighted by Crippen LogP contribution is -2.24. The third-order valence-electron chi connectivity index (χ3n) is 3.93. The van der Waals surface area contributed by atoms with Gasteiger partial charge in [-0.3, -0.25) is 14.9 Å². The minimum Gasteiger partial charge on any atom is -0.408 e. The Kier molecular flexibility index (Phi) is 4.88. The van der Waals surface area contributed by atoms with E-state index < -0.39 is 0 Å². The number of carbonyl (C=O) groups excluding carboxylic acids is 2. The molecule has 0 bridgehead atoms. The van der Waals surface area contributed by atoms with E-state index in [1.807, 2.05) is 31.2 Å². The van der Waals surface area contributed by atoms with Crippen LogP contribution in [0.15, 0.2) is 28.7 Å². The van der Waals surface area contributed by atoms with Crippen LogP contribution in [-0.2, 0) is 16.1 Å². The molecule has 1 heterocycles. The lowest BCUT2D eigenvalue weighted by atomic mass is 10.1. The van der Waals surface area contributed by atoms with Crippen LogP contribution in [-0.4, -0.2) is 22.0 Å². The molecule has 2 amide bonds. The van der Waals surface area contributed by atoms with Crippen LogP contribution in [0.25, 0.3) is 0 Å². The molecule has 7 heteroatoms. The first kappa shape index (κ1) is 16.2. The summed E-state index contributed by atoms with van der Waals surface area (Å²) in [7, 11) is 0. The van der Waals surface area contributed by atoms with Crippen molar-refractivity contribution in [3.8, 4) is 0 Å². The maximum Gasteiger partial charge on any atom is 0.322 e. The second-order valence-electron chi connectivity index (χ2n) is 5.97. The number of amides is 2. The lowest BCUT2D eigenvalue weighted by Gasteiger charge is -2.07. The highest BCUT2D eigenvalue weighted by atomic mass is 16.4. The van der Waals surface area contributed by atoms with Crippen LogP contribution in [0, 0.1) is 6.92 Å². The fraction of sp³-hybridized carbons (Fsp3) is 0.412. The monoisotopic (exact) mass is 328 g/mol. The average molecular weight is 328 g/mol. The standard InChI is InChI=1S/C17H20N4O3/c1-11-4-2-3-5-13(11)10-18-14(22)8-9-15(23)19-17-21-20-16(24-17)12-6-7-12/h2-5,12H,6-10H2,1H3,(H,18,22)(H,19,21,23). The van der Waals surface area contributed by atoms with Crippen LogP contribution in [0.2, 0.25) is 0 Å². The normalized spacial score (nSPS) is 13.5. The smallest absolute Gasteiger partial charge is 0.322 e. The van der Waals surface area contributed by atoms with E-state index in [0.717, 1.165) is 24.0 Å². The molecule has 1 aliphatic rings. The Balaban J connectivity index is 1.38. The molecule has 1 fully saturated rings. The number of aromatic nitrogens is 2. The fourth-order valence-electron chi connectivity index (χ4n) is 2.28. The zero-order valence-corrected chi connectivity index (χ0v) is 13.5. The van der Waals surface area contributed by atoms with E-state index in [4.69, 9.17) is 4.42 Å². The van der Waals surface area contributed by atoms with Gasteiger partial charge < -0.3 is 9.73 Å². The summed E-state index contributed by atoms with van der Waals surface area (Å²) < 4.78 is 5.35. The maximum absolute atomic E-state index is 11.8. The summed E-state index contributed by atoms with van der Waals surface area (Å²) in [5, 5.41) is 13.0. The summed E-state index contributed by atoms with van der Waals surface area (Å²) in [4.78, 5) is 23.7. The Morgan fingerprint density at radius 2 is 1.92 bits per heavy atom. The number of anilines is 1. The number of nitrogens with zero attached hydrogens (tertiary/aromatic N) is 2. The summed E-state index contributed by atoms with van der Waals surface area (Å²) in [5.41, 5.74) is 2.19. The Morgan fingerprint density at radius 1 is 1.17 bits per heavy atom. The van der Waals surface area contributed by atoms with Gasteiger partial charge in [-0.1, -0.05) is 29.4 Å². The first-order valence-electron chi connectivity index (χ1n) is 8.06. The molecule has 0 atom stereocenters. The van der Waals surface area contributed by atoms with Crippen molar-refractivity contribution in [1.29, 1.82) is 0 Å². The number of benzene rings is 1. The fourth-order valence-corrected chi connectivity index (χ4v) is 2.28. The summed E-state index contributed by atoms with van der Waals surface area (Å²) in [6.07, 6.45) is 2.29. The van der Waals surface area contributed by atoms with Crippen molar-refractivity contribution in [3.05, 3.63) is 41.3 Å². The Hall–Kier alpha value is -2.70. The van der Waals surface area contributed by atoms with Crippen molar-refractivity contribution in [2.45, 2.75) is 45.1 Å². The molecule has 1 aliphatic carbocycles. The van der Waals surface area contributed by atoms with Gasteiger partial charge in [0.1, 0.15) is 0 Å². The van der Waals surface area contributed by atoms with Crippen LogP contribution >= 0.6 is 0 Å². The molecule has 0 saturated heterocycles. The molecule has 0 unspecified atom stereocenters. The molecule has 1 aromatic heterocycles. The Morgan fingerprint density at radius 3 is 2.67 bits per heavy atom. The Labute approximate surface area is 139 Å². The third kappa shape index (κ3) is 4.41. The van der Waals surface area contributed by atoms with Crippen molar-refractivity contribution in [2.24, 2.45) is 0 Å². The van der Waals surface area contributed by atoms with Crippen molar-refractivity contribution in [2.75, 3.05) is 5.32 Å². The average Bonchev–Trinajstić information content (AvgIpc) is 3.32. The summed E-state index contributed by atoms with van der Waals surface area (Å²) >= 11 is 0. The molecular formula is C17H20N4O3. The van der Waals surface area contributed by atoms with E-state index in [1.54, 1.807) is 0 Å². The highest BCUT2D eigenvalue weighted by Crippen LogP contribution is 2.39. The molecule has 0 aliphatic heterocycles. The molecule has 126 valence electrons. The van der Waals surface area contributed by atoms with Crippen LogP contribution in [0.4, 0.5) is 6.01 Å². The molecule has 1 saturated carbocycles. The largest absolute Gasteiger partial charge is 0.408 e. The van der Waals surface area contributed by atoms with Crippen LogP contribution in [0.1, 0.15) is 48.6 Å². The number of hydrogen-bond acceptors (Lipinski definition) is 5. The maximum atomic E-state index is 11.8. The molecule has 7 nitrogen and oxygen atoms in total. The number of carbonyl (C=O) groups is 2. The number of aryl methyl sites for hydroxylation is 1. The summed E-state index contributed by atoms with van der Waals surface area (Å²) in [6, 6.07) is 7.95. The molecule has 0 spiro atoms. The molecule has 2 aromatic rings. The van der Waals surface area contributed by atoms with E-state index in [0.29, 0.717) is 18.4 Å². The number of nitrogens with one attached hydrogen (secondary N) is 2. The Bertz CT molecular complexity index is 737. The van der Waals surface area contributed by atoms with Gasteiger partial charge in [0, 0.05) is 25.3 Å². The van der Waals surface area contributed by atoms with Crippen LogP contribution in [0.3, 0.4) is 0 Å². The van der Waals surface area contributed by atoms with Crippen molar-refractivity contribution >= 4 is 17.8 Å². The number of hydrogen-bond donors (Lipinski definition) is 2. The lowest BCUT2D eigenvalue weighted by molar-refractivity contribution is -0.124. The van der Waals surface area contributed by atoms with Gasteiger partial charge in [-0.2, -0.15) is 0 Å². The number of rotatable bonds is 7. The molecule has 1 aromatic carbocycles. The molecule has 24 heavy (non-hydrogen) atoms. The van der Waals surface area contributed by atoms with Gasteiger partial charge in [0.25, 0.3) is 0 Å². The quantitative estimate of drug-likeness (QED) is 0.813. The van der Waals surface area contributed by atoms with Gasteiger partial charge in [0.2, 0.25) is 17.7 Å². The predicted octanol–water partition coefficient (Wildman–Crippen LogP) is 2.29. The minimum absolute atomic E-state index is 0.0702. The van der Waals surface area contributed by atoms with Gasteiger partial charge >= 0.3 is 6.01 Å². The van der Waals surface area contributed by atoms with Gasteiger partial charge in [-0.05, 0) is 30.9 Å². The van der Waals surface area contributed by atoms with Crippen LogP contribution < -0.4 is 10.6 Å². The minimum atomic E-state index is -0.313. The first-order chi connectivity index (χ1) is 11.6. The summed E-state index contributed by atoms with van der Waals surface area (Å²) in [5.74, 6) is 0.432. The van der Waals surface area contributed by atoms with Crippen molar-refractivity contribution in [3.63, 3.8) is 0 Å². The van der Waals surface area contributed by atoms with E-state index >= 15 is 0 Å². The van der Waals surface area contributed by atoms with Gasteiger partial charge in [-0.15, -0.1) is 5.10 Å². The highest BCUT2D eigenvalue weighted by molar-refractivity contribution is 5.91. The topological polar surface area (TPSA) is 97.1 Å². The van der Waals surface area contributed by atoms with E-state index in [9.17, 15) is 9.59 Å². The predicted molar refractivity (Wildman–Crippen MR) is 87.2 cm³/mol. The highest BCUT2D eigenvalue weighted by Gasteiger charge is 2.29. The molecule has 0 radical (unpaired) electrons. The first-order valence-corrected chi connectivity index (χ1v) is 8.06. The van der Waals surface area contributed by atoms with E-state index in [1.165, 1.54) is 0 Å². The second-order valence-corrected chi connectivity index (χ2v) is 5.97. The molecule has 2 N–H and O–H groups in total. The third-order valence-corrected chi connectivity index (χ3v) is 3.93. The zero-order chi connectivity index (χ0) is 16.9. The molecule has 3 rings (SSSR count). The van der Waals surface area contributed by atoms with Gasteiger partial charge in [0.15, 0.2) is 0 Å². The van der Waals surface area contributed by atoms with Gasteiger partial charge in [-0.25, -0.2) is 0 Å². The van der Waals surface area contributed by atoms with E-state index in [2.05, 4.69) is 20.8 Å². The van der Waals surface area contributed by atoms with Gasteiger partial charge in [0.05, 0.1) is 0 Å². The van der Waals surface area contributed by atoms with Crippen molar-refractivity contribution in [1.82, 2.24) is 15.5 Å². The molecular weight excluding hydrogens is 308 g/mol. The zero-order valence-electron chi connectivity index (χ0n) is 13.5. The second kappa shape index (κ2) is 7.25.